The normalized spacial score (nSPS) is 13.7. The third-order valence-corrected chi connectivity index (χ3v) is 7.58. The Labute approximate surface area is 200 Å². The summed E-state index contributed by atoms with van der Waals surface area (Å²) in [6, 6.07) is 31.6. The predicted octanol–water partition coefficient (Wildman–Crippen LogP) is 8.22. The Kier molecular flexibility index (Phi) is 4.26. The molecule has 2 heterocycles. The van der Waals surface area contributed by atoms with Gasteiger partial charge in [-0.3, -0.25) is 0 Å². The first-order valence-corrected chi connectivity index (χ1v) is 12.4. The molecule has 7 rings (SSSR count). The first kappa shape index (κ1) is 19.7. The molecule has 0 bridgehead atoms. The van der Waals surface area contributed by atoms with Crippen LogP contribution in [0.15, 0.2) is 84.9 Å². The van der Waals surface area contributed by atoms with Crippen LogP contribution in [-0.4, -0.2) is 9.13 Å². The minimum Gasteiger partial charge on any atom is -0.313 e. The zero-order chi connectivity index (χ0) is 22.8. The van der Waals surface area contributed by atoms with Crippen molar-refractivity contribution >= 4 is 32.7 Å². The predicted molar refractivity (Wildman–Crippen MR) is 144 cm³/mol. The van der Waals surface area contributed by atoms with E-state index >= 15 is 0 Å². The van der Waals surface area contributed by atoms with E-state index in [9.17, 15) is 0 Å². The molecule has 1 aliphatic carbocycles. The lowest BCUT2D eigenvalue weighted by atomic mass is 9.95. The van der Waals surface area contributed by atoms with Crippen molar-refractivity contribution in [1.29, 1.82) is 0 Å². The SMILES string of the molecule is Cc1cccc(-n2c3c(c4cc5c(cc42)c2ccccc2n5-c2cccc(C)c2)CCCC3)c1. The number of aryl methyl sites for hydroxylation is 3. The largest absolute Gasteiger partial charge is 0.313 e. The maximum atomic E-state index is 2.55. The molecule has 6 aromatic rings. The molecule has 0 radical (unpaired) electrons. The van der Waals surface area contributed by atoms with E-state index in [1.807, 2.05) is 0 Å². The summed E-state index contributed by atoms with van der Waals surface area (Å²) < 4.78 is 5.01. The lowest BCUT2D eigenvalue weighted by molar-refractivity contribution is 0.667. The van der Waals surface area contributed by atoms with E-state index in [4.69, 9.17) is 0 Å². The molecule has 0 N–H and O–H groups in total. The Morgan fingerprint density at radius 3 is 1.94 bits per heavy atom. The molecular formula is C32H28N2. The second-order valence-electron chi connectivity index (χ2n) is 9.88. The Morgan fingerprint density at radius 1 is 0.529 bits per heavy atom. The minimum absolute atomic E-state index is 1.15. The van der Waals surface area contributed by atoms with E-state index in [1.54, 1.807) is 5.56 Å². The first-order chi connectivity index (χ1) is 16.7. The van der Waals surface area contributed by atoms with Crippen LogP contribution in [0.2, 0.25) is 0 Å². The average molecular weight is 441 g/mol. The Morgan fingerprint density at radius 2 is 1.18 bits per heavy atom. The van der Waals surface area contributed by atoms with Crippen molar-refractivity contribution < 1.29 is 0 Å². The number of rotatable bonds is 2. The van der Waals surface area contributed by atoms with Crippen molar-refractivity contribution in [2.24, 2.45) is 0 Å². The molecule has 166 valence electrons. The Balaban J connectivity index is 1.64. The molecule has 0 spiro atoms. The smallest absolute Gasteiger partial charge is 0.0548 e. The molecule has 0 fully saturated rings. The van der Waals surface area contributed by atoms with Crippen LogP contribution in [0.5, 0.6) is 0 Å². The number of hydrogen-bond donors (Lipinski definition) is 0. The summed E-state index contributed by atoms with van der Waals surface area (Å²) in [6.45, 7) is 4.36. The fourth-order valence-electron chi connectivity index (χ4n) is 6.11. The van der Waals surface area contributed by atoms with Crippen LogP contribution in [0.25, 0.3) is 44.1 Å². The van der Waals surface area contributed by atoms with Gasteiger partial charge in [0.15, 0.2) is 0 Å². The lowest BCUT2D eigenvalue weighted by Crippen LogP contribution is -2.06. The van der Waals surface area contributed by atoms with E-state index in [2.05, 4.69) is 108 Å². The molecule has 2 heteroatoms. The van der Waals surface area contributed by atoms with Gasteiger partial charge < -0.3 is 9.13 Å². The van der Waals surface area contributed by atoms with E-state index in [-0.39, 0.29) is 0 Å². The highest BCUT2D eigenvalue weighted by Gasteiger charge is 2.23. The van der Waals surface area contributed by atoms with Gasteiger partial charge in [0.05, 0.1) is 16.6 Å². The zero-order valence-electron chi connectivity index (χ0n) is 19.8. The number of aromatic nitrogens is 2. The van der Waals surface area contributed by atoms with Crippen LogP contribution in [0, 0.1) is 13.8 Å². The van der Waals surface area contributed by atoms with E-state index in [1.165, 1.54) is 80.2 Å². The third kappa shape index (κ3) is 2.81. The molecule has 0 saturated heterocycles. The van der Waals surface area contributed by atoms with Gasteiger partial charge in [-0.25, -0.2) is 0 Å². The minimum atomic E-state index is 1.15. The van der Waals surface area contributed by atoms with Gasteiger partial charge in [0.25, 0.3) is 0 Å². The summed E-state index contributed by atoms with van der Waals surface area (Å²) in [6.07, 6.45) is 4.87. The van der Waals surface area contributed by atoms with Crippen LogP contribution in [0.4, 0.5) is 0 Å². The summed E-state index contributed by atoms with van der Waals surface area (Å²) >= 11 is 0. The van der Waals surface area contributed by atoms with Gasteiger partial charge in [-0.15, -0.1) is 0 Å². The average Bonchev–Trinajstić information content (AvgIpc) is 3.35. The maximum absolute atomic E-state index is 2.55. The summed E-state index contributed by atoms with van der Waals surface area (Å²) in [4.78, 5) is 0. The lowest BCUT2D eigenvalue weighted by Gasteiger charge is -2.16. The summed E-state index contributed by atoms with van der Waals surface area (Å²) in [5.74, 6) is 0. The number of nitrogens with zero attached hydrogens (tertiary/aromatic N) is 2. The maximum Gasteiger partial charge on any atom is 0.0548 e. The molecule has 2 aromatic heterocycles. The molecular weight excluding hydrogens is 412 g/mol. The molecule has 34 heavy (non-hydrogen) atoms. The van der Waals surface area contributed by atoms with Gasteiger partial charge in [-0.2, -0.15) is 0 Å². The Bertz CT molecular complexity index is 1730. The fraction of sp³-hybridized carbons (Fsp3) is 0.188. The summed E-state index contributed by atoms with van der Waals surface area (Å²) in [5.41, 5.74) is 12.1. The van der Waals surface area contributed by atoms with Crippen molar-refractivity contribution in [2.45, 2.75) is 39.5 Å². The van der Waals surface area contributed by atoms with Crippen LogP contribution in [-0.2, 0) is 12.8 Å². The van der Waals surface area contributed by atoms with E-state index in [0.29, 0.717) is 0 Å². The van der Waals surface area contributed by atoms with Crippen molar-refractivity contribution in [3.63, 3.8) is 0 Å². The van der Waals surface area contributed by atoms with E-state index in [0.717, 1.165) is 6.42 Å². The van der Waals surface area contributed by atoms with Gasteiger partial charge in [-0.1, -0.05) is 42.5 Å². The second kappa shape index (κ2) is 7.36. The zero-order valence-corrected chi connectivity index (χ0v) is 19.8. The third-order valence-electron chi connectivity index (χ3n) is 7.58. The first-order valence-electron chi connectivity index (χ1n) is 12.4. The van der Waals surface area contributed by atoms with E-state index < -0.39 is 0 Å². The molecule has 0 unspecified atom stereocenters. The van der Waals surface area contributed by atoms with Gasteiger partial charge in [-0.05, 0) is 98.7 Å². The highest BCUT2D eigenvalue weighted by atomic mass is 15.0. The monoisotopic (exact) mass is 440 g/mol. The van der Waals surface area contributed by atoms with Crippen LogP contribution < -0.4 is 0 Å². The van der Waals surface area contributed by atoms with Gasteiger partial charge in [0.2, 0.25) is 0 Å². The molecule has 2 nitrogen and oxygen atoms in total. The van der Waals surface area contributed by atoms with Gasteiger partial charge in [0, 0.05) is 33.2 Å². The molecule has 4 aromatic carbocycles. The number of benzene rings is 4. The van der Waals surface area contributed by atoms with Gasteiger partial charge >= 0.3 is 0 Å². The van der Waals surface area contributed by atoms with Gasteiger partial charge in [0.1, 0.15) is 0 Å². The number of para-hydroxylation sites is 1. The molecule has 1 aliphatic rings. The highest BCUT2D eigenvalue weighted by molar-refractivity contribution is 6.14. The Hall–Kier alpha value is -3.78. The quantitative estimate of drug-likeness (QED) is 0.257. The summed E-state index contributed by atoms with van der Waals surface area (Å²) in [5, 5.41) is 4.06. The van der Waals surface area contributed by atoms with Crippen molar-refractivity contribution in [2.75, 3.05) is 0 Å². The standard InChI is InChI=1S/C32H28N2/c1-21-9-7-11-23(17-21)33-29-15-5-3-13-25(29)27-20-32-28(19-31(27)33)26-14-4-6-16-30(26)34(32)24-12-8-10-22(2)18-24/h3,5,7-13,15,17-20H,4,6,14,16H2,1-2H3. The molecule has 0 atom stereocenters. The molecule has 0 amide bonds. The topological polar surface area (TPSA) is 9.86 Å². The highest BCUT2D eigenvalue weighted by Crippen LogP contribution is 2.40. The summed E-state index contributed by atoms with van der Waals surface area (Å²) in [7, 11) is 0. The van der Waals surface area contributed by atoms with Crippen LogP contribution >= 0.6 is 0 Å². The number of hydrogen-bond acceptors (Lipinski definition) is 0. The van der Waals surface area contributed by atoms with Crippen molar-refractivity contribution in [1.82, 2.24) is 9.13 Å². The van der Waals surface area contributed by atoms with Crippen molar-refractivity contribution in [3.05, 3.63) is 107 Å². The van der Waals surface area contributed by atoms with Crippen LogP contribution in [0.1, 0.15) is 35.2 Å². The van der Waals surface area contributed by atoms with Crippen molar-refractivity contribution in [3.8, 4) is 11.4 Å². The fourth-order valence-corrected chi connectivity index (χ4v) is 6.11. The molecule has 0 aliphatic heterocycles. The second-order valence-corrected chi connectivity index (χ2v) is 9.88. The number of fused-ring (bicyclic) bond motifs is 6. The molecule has 0 saturated carbocycles. The van der Waals surface area contributed by atoms with Crippen LogP contribution in [0.3, 0.4) is 0 Å².